The zero-order valence-corrected chi connectivity index (χ0v) is 5.48. The molecule has 0 atom stereocenters. The van der Waals surface area contributed by atoms with Gasteiger partial charge in [-0.2, -0.15) is 0 Å². The first kappa shape index (κ1) is 7.41. The van der Waals surface area contributed by atoms with Crippen LogP contribution in [-0.4, -0.2) is 6.29 Å². The van der Waals surface area contributed by atoms with E-state index in [2.05, 4.69) is 6.92 Å². The van der Waals surface area contributed by atoms with Crippen LogP contribution in [-0.2, 0) is 4.79 Å². The number of aldehydes is 1. The lowest BCUT2D eigenvalue weighted by atomic mass is 10.2. The lowest BCUT2D eigenvalue weighted by Crippen LogP contribution is -1.74. The van der Waals surface area contributed by atoms with Crippen molar-refractivity contribution in [1.29, 1.82) is 0 Å². The second-order valence-electron chi connectivity index (χ2n) is 1.85. The van der Waals surface area contributed by atoms with E-state index >= 15 is 0 Å². The first-order valence-electron chi connectivity index (χ1n) is 2.93. The molecular weight excluding hydrogens is 100 g/mol. The molecule has 0 saturated carbocycles. The number of rotatable bonds is 3. The minimum Gasteiger partial charge on any atom is -0.298 e. The first-order valence-corrected chi connectivity index (χ1v) is 2.93. The molecule has 0 heterocycles. The Labute approximate surface area is 50.4 Å². The van der Waals surface area contributed by atoms with Crippen LogP contribution >= 0.6 is 0 Å². The Balaban J connectivity index is 3.40. The van der Waals surface area contributed by atoms with Crippen molar-refractivity contribution < 1.29 is 4.79 Å². The Bertz CT molecular complexity index is 92.6. The van der Waals surface area contributed by atoms with Crippen LogP contribution in [0.4, 0.5) is 0 Å². The topological polar surface area (TPSA) is 17.1 Å². The molecule has 0 saturated heterocycles. The van der Waals surface area contributed by atoms with Crippen LogP contribution in [0.15, 0.2) is 11.6 Å². The molecule has 0 bridgehead atoms. The fourth-order valence-electron chi connectivity index (χ4n) is 0.420. The number of hydrogen-bond donors (Lipinski definition) is 0. The minimum absolute atomic E-state index is 0.840. The van der Waals surface area contributed by atoms with Gasteiger partial charge < -0.3 is 0 Å². The Hall–Kier alpha value is -0.590. The fourth-order valence-corrected chi connectivity index (χ4v) is 0.420. The quantitative estimate of drug-likeness (QED) is 0.402. The van der Waals surface area contributed by atoms with Crippen molar-refractivity contribution >= 4 is 6.29 Å². The molecule has 0 radical (unpaired) electrons. The van der Waals surface area contributed by atoms with Crippen LogP contribution in [0.1, 0.15) is 26.7 Å². The van der Waals surface area contributed by atoms with Gasteiger partial charge in [0.15, 0.2) is 0 Å². The lowest BCUT2D eigenvalue weighted by molar-refractivity contribution is -0.104. The molecule has 0 aliphatic heterocycles. The van der Waals surface area contributed by atoms with Crippen molar-refractivity contribution in [2.24, 2.45) is 0 Å². The minimum atomic E-state index is 0.840. The van der Waals surface area contributed by atoms with Gasteiger partial charge in [-0.3, -0.25) is 4.79 Å². The number of unbranched alkanes of at least 4 members (excludes halogenated alkanes) is 1. The van der Waals surface area contributed by atoms with Gasteiger partial charge in [0.1, 0.15) is 6.29 Å². The largest absolute Gasteiger partial charge is 0.298 e. The van der Waals surface area contributed by atoms with Gasteiger partial charge in [-0.15, -0.1) is 0 Å². The summed E-state index contributed by atoms with van der Waals surface area (Å²) in [4.78, 5) is 9.94. The summed E-state index contributed by atoms with van der Waals surface area (Å²) in [5.41, 5.74) is 0.840. The second-order valence-corrected chi connectivity index (χ2v) is 1.85. The predicted molar refractivity (Wildman–Crippen MR) is 34.7 cm³/mol. The van der Waals surface area contributed by atoms with E-state index in [9.17, 15) is 4.79 Å². The number of carbonyl (C=O) groups is 1. The summed E-state index contributed by atoms with van der Waals surface area (Å²) < 4.78 is 0. The summed E-state index contributed by atoms with van der Waals surface area (Å²) >= 11 is 0. The standard InChI is InChI=1S/C7H12O/c1-3-4-5-7(2)6-8/h5-6H,3-4H2,1-2H3. The summed E-state index contributed by atoms with van der Waals surface area (Å²) in [5, 5.41) is 0. The summed E-state index contributed by atoms with van der Waals surface area (Å²) in [6, 6.07) is 0. The maximum atomic E-state index is 9.94. The first-order chi connectivity index (χ1) is 3.81. The SMILES string of the molecule is CCCC=C(C)C=O. The van der Waals surface area contributed by atoms with Gasteiger partial charge in [-0.25, -0.2) is 0 Å². The van der Waals surface area contributed by atoms with Crippen molar-refractivity contribution in [3.63, 3.8) is 0 Å². The van der Waals surface area contributed by atoms with Gasteiger partial charge in [0.25, 0.3) is 0 Å². The maximum absolute atomic E-state index is 9.94. The molecule has 0 aromatic carbocycles. The molecule has 0 aliphatic carbocycles. The molecule has 0 fully saturated rings. The Morgan fingerprint density at radius 3 is 2.62 bits per heavy atom. The molecule has 8 heavy (non-hydrogen) atoms. The van der Waals surface area contributed by atoms with Crippen LogP contribution in [0, 0.1) is 0 Å². The van der Waals surface area contributed by atoms with Gasteiger partial charge in [-0.1, -0.05) is 19.4 Å². The van der Waals surface area contributed by atoms with Crippen molar-refractivity contribution in [2.45, 2.75) is 26.7 Å². The third kappa shape index (κ3) is 3.59. The highest BCUT2D eigenvalue weighted by Crippen LogP contribution is 1.93. The molecule has 0 aromatic heterocycles. The lowest BCUT2D eigenvalue weighted by Gasteiger charge is -1.84. The van der Waals surface area contributed by atoms with E-state index in [1.54, 1.807) is 0 Å². The van der Waals surface area contributed by atoms with Gasteiger partial charge in [0, 0.05) is 0 Å². The third-order valence-electron chi connectivity index (χ3n) is 0.941. The van der Waals surface area contributed by atoms with Crippen molar-refractivity contribution in [3.8, 4) is 0 Å². The van der Waals surface area contributed by atoms with E-state index in [1.165, 1.54) is 0 Å². The van der Waals surface area contributed by atoms with Crippen molar-refractivity contribution in [1.82, 2.24) is 0 Å². The van der Waals surface area contributed by atoms with Crippen LogP contribution in [0.25, 0.3) is 0 Å². The van der Waals surface area contributed by atoms with Gasteiger partial charge >= 0.3 is 0 Å². The number of carbonyl (C=O) groups excluding carboxylic acids is 1. The highest BCUT2D eigenvalue weighted by Gasteiger charge is 1.79. The van der Waals surface area contributed by atoms with Crippen molar-refractivity contribution in [2.75, 3.05) is 0 Å². The highest BCUT2D eigenvalue weighted by atomic mass is 16.1. The summed E-state index contributed by atoms with van der Waals surface area (Å²) in [6.07, 6.45) is 4.97. The third-order valence-corrected chi connectivity index (χ3v) is 0.941. The van der Waals surface area contributed by atoms with Crippen LogP contribution in [0.5, 0.6) is 0 Å². The van der Waals surface area contributed by atoms with Crippen LogP contribution in [0.2, 0.25) is 0 Å². The summed E-state index contributed by atoms with van der Waals surface area (Å²) in [5.74, 6) is 0. The molecule has 0 unspecified atom stereocenters. The Morgan fingerprint density at radius 2 is 2.25 bits per heavy atom. The molecule has 0 amide bonds. The number of allylic oxidation sites excluding steroid dienone is 2. The van der Waals surface area contributed by atoms with Gasteiger partial charge in [0.05, 0.1) is 0 Å². The second kappa shape index (κ2) is 4.57. The molecule has 1 nitrogen and oxygen atoms in total. The van der Waals surface area contributed by atoms with E-state index in [0.29, 0.717) is 0 Å². The zero-order valence-electron chi connectivity index (χ0n) is 5.48. The van der Waals surface area contributed by atoms with Crippen LogP contribution in [0.3, 0.4) is 0 Å². The smallest absolute Gasteiger partial charge is 0.145 e. The zero-order chi connectivity index (χ0) is 6.41. The Morgan fingerprint density at radius 1 is 1.62 bits per heavy atom. The summed E-state index contributed by atoms with van der Waals surface area (Å²) in [7, 11) is 0. The van der Waals surface area contributed by atoms with Gasteiger partial charge in [-0.05, 0) is 18.9 Å². The van der Waals surface area contributed by atoms with Crippen LogP contribution < -0.4 is 0 Å². The highest BCUT2D eigenvalue weighted by molar-refractivity contribution is 5.71. The van der Waals surface area contributed by atoms with E-state index in [4.69, 9.17) is 0 Å². The molecule has 46 valence electrons. The fraction of sp³-hybridized carbons (Fsp3) is 0.571. The van der Waals surface area contributed by atoms with Gasteiger partial charge in [0.2, 0.25) is 0 Å². The monoisotopic (exact) mass is 112 g/mol. The summed E-state index contributed by atoms with van der Waals surface area (Å²) in [6.45, 7) is 3.91. The molecule has 0 rings (SSSR count). The molecule has 1 heteroatoms. The van der Waals surface area contributed by atoms with Crippen molar-refractivity contribution in [3.05, 3.63) is 11.6 Å². The molecule has 0 aromatic rings. The normalized spacial score (nSPS) is 11.5. The van der Waals surface area contributed by atoms with E-state index < -0.39 is 0 Å². The average molecular weight is 112 g/mol. The van der Waals surface area contributed by atoms with E-state index in [-0.39, 0.29) is 0 Å². The number of hydrogen-bond acceptors (Lipinski definition) is 1. The molecule has 0 N–H and O–H groups in total. The molecule has 0 aliphatic rings. The maximum Gasteiger partial charge on any atom is 0.145 e. The Kier molecular flexibility index (Phi) is 4.23. The predicted octanol–water partition coefficient (Wildman–Crippen LogP) is 1.93. The van der Waals surface area contributed by atoms with E-state index in [1.807, 2.05) is 13.0 Å². The average Bonchev–Trinajstić information content (AvgIpc) is 1.83. The molecule has 0 spiro atoms. The molecular formula is C7H12O. The van der Waals surface area contributed by atoms with E-state index in [0.717, 1.165) is 24.7 Å².